The highest BCUT2D eigenvalue weighted by Crippen LogP contribution is 2.09. The maximum Gasteiger partial charge on any atom is 0.0406 e. The number of nitrogens with one attached hydrogen (secondary N) is 1. The minimum absolute atomic E-state index is 0.624. The van der Waals surface area contributed by atoms with E-state index in [2.05, 4.69) is 24.4 Å². The molecule has 16 heavy (non-hydrogen) atoms. The molecule has 0 radical (unpaired) electrons. The smallest absolute Gasteiger partial charge is 0.0406 e. The first kappa shape index (κ1) is 13.8. The van der Waals surface area contributed by atoms with E-state index in [1.807, 2.05) is 12.1 Å². The minimum atomic E-state index is 0.624. The van der Waals surface area contributed by atoms with Crippen molar-refractivity contribution < 1.29 is 0 Å². The molecule has 0 amide bonds. The molecule has 1 rings (SSSR count). The molecule has 0 spiro atoms. The molecule has 0 saturated heterocycles. The third-order valence-corrected chi connectivity index (χ3v) is 3.34. The van der Waals surface area contributed by atoms with Gasteiger partial charge in [0.05, 0.1) is 0 Å². The summed E-state index contributed by atoms with van der Waals surface area (Å²) in [6.07, 6.45) is 2.37. The largest absolute Gasteiger partial charge is 0.313 e. The van der Waals surface area contributed by atoms with Gasteiger partial charge in [0.15, 0.2) is 0 Å². The van der Waals surface area contributed by atoms with Crippen molar-refractivity contribution >= 4 is 23.2 Å². The van der Waals surface area contributed by atoms with Gasteiger partial charge in [-0.2, -0.15) is 0 Å². The van der Waals surface area contributed by atoms with Gasteiger partial charge < -0.3 is 5.32 Å². The summed E-state index contributed by atoms with van der Waals surface area (Å²) in [4.78, 5) is 0. The summed E-state index contributed by atoms with van der Waals surface area (Å²) < 4.78 is 0. The first-order valence-electron chi connectivity index (χ1n) is 5.73. The maximum atomic E-state index is 5.81. The first-order chi connectivity index (χ1) is 7.72. The number of alkyl halides is 1. The standard InChI is InChI=1S/C13H19Cl2N/c1-11(9-14)3-2-8-16-10-12-4-6-13(15)7-5-12/h4-7,11,16H,2-3,8-10H2,1H3. The molecule has 0 aliphatic carbocycles. The average molecular weight is 260 g/mol. The second-order valence-electron chi connectivity index (χ2n) is 4.20. The van der Waals surface area contributed by atoms with E-state index in [0.717, 1.165) is 24.0 Å². The van der Waals surface area contributed by atoms with Crippen LogP contribution in [0, 0.1) is 5.92 Å². The molecular weight excluding hydrogens is 241 g/mol. The van der Waals surface area contributed by atoms with E-state index in [0.29, 0.717) is 5.92 Å². The summed E-state index contributed by atoms with van der Waals surface area (Å²) in [5, 5.41) is 4.21. The van der Waals surface area contributed by atoms with Gasteiger partial charge in [-0.1, -0.05) is 30.7 Å². The number of rotatable bonds is 7. The fraction of sp³-hybridized carbons (Fsp3) is 0.538. The molecule has 3 heteroatoms. The van der Waals surface area contributed by atoms with Gasteiger partial charge in [0.2, 0.25) is 0 Å². The second kappa shape index (κ2) is 7.94. The summed E-state index contributed by atoms with van der Waals surface area (Å²) >= 11 is 11.6. The van der Waals surface area contributed by atoms with Crippen LogP contribution in [-0.2, 0) is 6.54 Å². The number of hydrogen-bond donors (Lipinski definition) is 1. The van der Waals surface area contributed by atoms with E-state index in [-0.39, 0.29) is 0 Å². The van der Waals surface area contributed by atoms with Crippen molar-refractivity contribution in [3.8, 4) is 0 Å². The second-order valence-corrected chi connectivity index (χ2v) is 4.95. The Labute approximate surface area is 108 Å². The van der Waals surface area contributed by atoms with Crippen LogP contribution in [0.5, 0.6) is 0 Å². The number of benzene rings is 1. The zero-order valence-electron chi connectivity index (χ0n) is 9.68. The molecular formula is C13H19Cl2N. The zero-order chi connectivity index (χ0) is 11.8. The van der Waals surface area contributed by atoms with Crippen molar-refractivity contribution in [3.05, 3.63) is 34.9 Å². The molecule has 1 unspecified atom stereocenters. The zero-order valence-corrected chi connectivity index (χ0v) is 11.2. The molecule has 1 aromatic rings. The van der Waals surface area contributed by atoms with Gasteiger partial charge >= 0.3 is 0 Å². The molecule has 0 aliphatic heterocycles. The summed E-state index contributed by atoms with van der Waals surface area (Å²) in [6, 6.07) is 7.95. The topological polar surface area (TPSA) is 12.0 Å². The highest BCUT2D eigenvalue weighted by atomic mass is 35.5. The van der Waals surface area contributed by atoms with Gasteiger partial charge in [0.1, 0.15) is 0 Å². The van der Waals surface area contributed by atoms with Gasteiger partial charge in [-0.25, -0.2) is 0 Å². The first-order valence-corrected chi connectivity index (χ1v) is 6.64. The monoisotopic (exact) mass is 259 g/mol. The predicted octanol–water partition coefficient (Wildman–Crippen LogP) is 4.08. The summed E-state index contributed by atoms with van der Waals surface area (Å²) in [5.74, 6) is 1.39. The van der Waals surface area contributed by atoms with Crippen molar-refractivity contribution in [1.82, 2.24) is 5.32 Å². The maximum absolute atomic E-state index is 5.81. The Bertz CT molecular complexity index is 284. The quantitative estimate of drug-likeness (QED) is 0.575. The molecule has 1 N–H and O–H groups in total. The summed E-state index contributed by atoms with van der Waals surface area (Å²) in [5.41, 5.74) is 1.27. The van der Waals surface area contributed by atoms with Gasteiger partial charge in [0.25, 0.3) is 0 Å². The Morgan fingerprint density at radius 3 is 2.56 bits per heavy atom. The summed E-state index contributed by atoms with van der Waals surface area (Å²) in [6.45, 7) is 4.14. The lowest BCUT2D eigenvalue weighted by Gasteiger charge is -2.08. The Morgan fingerprint density at radius 1 is 1.25 bits per heavy atom. The molecule has 1 aromatic carbocycles. The molecule has 0 bridgehead atoms. The lowest BCUT2D eigenvalue weighted by Crippen LogP contribution is -2.15. The van der Waals surface area contributed by atoms with E-state index in [1.54, 1.807) is 0 Å². The molecule has 1 atom stereocenters. The van der Waals surface area contributed by atoms with E-state index >= 15 is 0 Å². The van der Waals surface area contributed by atoms with Crippen molar-refractivity contribution in [2.24, 2.45) is 5.92 Å². The molecule has 0 aromatic heterocycles. The van der Waals surface area contributed by atoms with Crippen molar-refractivity contribution in [3.63, 3.8) is 0 Å². The van der Waals surface area contributed by atoms with Gasteiger partial charge in [-0.3, -0.25) is 0 Å². The van der Waals surface area contributed by atoms with Crippen LogP contribution in [0.3, 0.4) is 0 Å². The Kier molecular flexibility index (Phi) is 6.86. The predicted molar refractivity (Wildman–Crippen MR) is 72.3 cm³/mol. The van der Waals surface area contributed by atoms with E-state index in [9.17, 15) is 0 Å². The SMILES string of the molecule is CC(CCl)CCCNCc1ccc(Cl)cc1. The third-order valence-electron chi connectivity index (χ3n) is 2.56. The van der Waals surface area contributed by atoms with Crippen LogP contribution < -0.4 is 5.32 Å². The van der Waals surface area contributed by atoms with Crippen LogP contribution in [0.2, 0.25) is 5.02 Å². The van der Waals surface area contributed by atoms with Crippen LogP contribution in [0.4, 0.5) is 0 Å². The molecule has 0 heterocycles. The minimum Gasteiger partial charge on any atom is -0.313 e. The van der Waals surface area contributed by atoms with Crippen molar-refractivity contribution in [2.75, 3.05) is 12.4 Å². The Morgan fingerprint density at radius 2 is 1.94 bits per heavy atom. The fourth-order valence-corrected chi connectivity index (χ4v) is 1.77. The number of halogens is 2. The fourth-order valence-electron chi connectivity index (χ4n) is 1.49. The Balaban J connectivity index is 2.09. The van der Waals surface area contributed by atoms with Crippen LogP contribution in [-0.4, -0.2) is 12.4 Å². The molecule has 0 saturated carbocycles. The third kappa shape index (κ3) is 5.74. The van der Waals surface area contributed by atoms with Crippen LogP contribution >= 0.6 is 23.2 Å². The average Bonchev–Trinajstić information content (AvgIpc) is 2.31. The van der Waals surface area contributed by atoms with Crippen molar-refractivity contribution in [1.29, 1.82) is 0 Å². The molecule has 90 valence electrons. The molecule has 1 nitrogen and oxygen atoms in total. The Hall–Kier alpha value is -0.240. The van der Waals surface area contributed by atoms with Crippen LogP contribution in [0.25, 0.3) is 0 Å². The van der Waals surface area contributed by atoms with E-state index in [4.69, 9.17) is 23.2 Å². The normalized spacial score (nSPS) is 12.7. The van der Waals surface area contributed by atoms with Crippen LogP contribution in [0.15, 0.2) is 24.3 Å². The molecule has 0 fully saturated rings. The number of hydrogen-bond acceptors (Lipinski definition) is 1. The van der Waals surface area contributed by atoms with E-state index in [1.165, 1.54) is 18.4 Å². The lowest BCUT2D eigenvalue weighted by molar-refractivity contribution is 0.531. The van der Waals surface area contributed by atoms with Gasteiger partial charge in [-0.15, -0.1) is 11.6 Å². The van der Waals surface area contributed by atoms with E-state index < -0.39 is 0 Å². The van der Waals surface area contributed by atoms with Gasteiger partial charge in [0, 0.05) is 17.4 Å². The van der Waals surface area contributed by atoms with Crippen molar-refractivity contribution in [2.45, 2.75) is 26.3 Å². The highest BCUT2D eigenvalue weighted by Gasteiger charge is 1.99. The molecule has 0 aliphatic rings. The van der Waals surface area contributed by atoms with Gasteiger partial charge in [-0.05, 0) is 43.0 Å². The highest BCUT2D eigenvalue weighted by molar-refractivity contribution is 6.30. The van der Waals surface area contributed by atoms with Crippen LogP contribution in [0.1, 0.15) is 25.3 Å². The lowest BCUT2D eigenvalue weighted by atomic mass is 10.1. The summed E-state index contributed by atoms with van der Waals surface area (Å²) in [7, 11) is 0.